The molecule has 0 aliphatic rings. The number of hydrogen-bond donors (Lipinski definition) is 0. The van der Waals surface area contributed by atoms with Crippen LogP contribution in [0.15, 0.2) is 72.8 Å². The smallest absolute Gasteiger partial charge is 0.269 e. The molecule has 4 aromatic rings. The van der Waals surface area contributed by atoms with Crippen LogP contribution in [0.3, 0.4) is 0 Å². The minimum absolute atomic E-state index is 0.113. The van der Waals surface area contributed by atoms with Crippen molar-refractivity contribution in [2.45, 2.75) is 13.8 Å². The van der Waals surface area contributed by atoms with E-state index in [1.807, 2.05) is 0 Å². The third kappa shape index (κ3) is 3.93. The number of nitro groups is 2. The number of carbonyl (C=O) groups is 2. The molecule has 0 saturated carbocycles. The van der Waals surface area contributed by atoms with E-state index in [1.54, 1.807) is 38.1 Å². The first kappa shape index (κ1) is 22.5. The number of ketones is 2. The van der Waals surface area contributed by atoms with Gasteiger partial charge in [-0.05, 0) is 60.0 Å². The predicted molar refractivity (Wildman–Crippen MR) is 126 cm³/mol. The first-order chi connectivity index (χ1) is 16.2. The Labute approximate surface area is 193 Å². The third-order valence-corrected chi connectivity index (χ3v) is 5.75. The highest BCUT2D eigenvalue weighted by Crippen LogP contribution is 2.31. The molecule has 0 atom stereocenters. The fourth-order valence-electron chi connectivity index (χ4n) is 3.98. The molecule has 0 aliphatic heterocycles. The standard InChI is InChI=1S/C26H18N2O6/c1-15-3-13-22-21(23(15)25(29)17-5-9-19(10-6-17)27(31)32)14-4-16(2)24(22)26(30)18-7-11-20(12-8-18)28(33)34/h3-14H,1-2H3. The van der Waals surface area contributed by atoms with Gasteiger partial charge in [-0.1, -0.05) is 24.3 Å². The molecule has 8 heteroatoms. The van der Waals surface area contributed by atoms with E-state index in [0.717, 1.165) is 0 Å². The van der Waals surface area contributed by atoms with Crippen LogP contribution in [0.2, 0.25) is 0 Å². The highest BCUT2D eigenvalue weighted by atomic mass is 16.6. The van der Waals surface area contributed by atoms with Crippen LogP contribution in [-0.4, -0.2) is 21.4 Å². The molecule has 168 valence electrons. The van der Waals surface area contributed by atoms with Gasteiger partial charge >= 0.3 is 0 Å². The highest BCUT2D eigenvalue weighted by Gasteiger charge is 2.22. The Morgan fingerprint density at radius 1 is 0.559 bits per heavy atom. The Morgan fingerprint density at radius 3 is 1.18 bits per heavy atom. The quantitative estimate of drug-likeness (QED) is 0.208. The molecule has 0 N–H and O–H groups in total. The minimum atomic E-state index is -0.531. The van der Waals surface area contributed by atoms with E-state index in [1.165, 1.54) is 48.5 Å². The van der Waals surface area contributed by atoms with Gasteiger partial charge in [-0.15, -0.1) is 0 Å². The SMILES string of the molecule is Cc1ccc2c(C(=O)c3ccc([N+](=O)[O-])cc3)c(C)ccc2c1C(=O)c1ccc([N+](=O)[O-])cc1. The lowest BCUT2D eigenvalue weighted by Crippen LogP contribution is -2.09. The summed E-state index contributed by atoms with van der Waals surface area (Å²) in [5, 5.41) is 23.0. The Hall–Kier alpha value is -4.72. The van der Waals surface area contributed by atoms with Crippen LogP contribution < -0.4 is 0 Å². The Kier molecular flexibility index (Phi) is 5.73. The number of fused-ring (bicyclic) bond motifs is 1. The number of nitrogens with zero attached hydrogens (tertiary/aromatic N) is 2. The molecule has 0 unspecified atom stereocenters. The van der Waals surface area contributed by atoms with E-state index in [9.17, 15) is 29.8 Å². The lowest BCUT2D eigenvalue weighted by atomic mass is 9.87. The van der Waals surface area contributed by atoms with Crippen LogP contribution in [-0.2, 0) is 0 Å². The van der Waals surface area contributed by atoms with Gasteiger partial charge in [-0.3, -0.25) is 29.8 Å². The van der Waals surface area contributed by atoms with Crippen molar-refractivity contribution in [2.75, 3.05) is 0 Å². The number of non-ortho nitro benzene ring substituents is 2. The molecule has 0 radical (unpaired) electrons. The van der Waals surface area contributed by atoms with E-state index >= 15 is 0 Å². The fraction of sp³-hybridized carbons (Fsp3) is 0.0769. The Bertz CT molecular complexity index is 1370. The van der Waals surface area contributed by atoms with Crippen LogP contribution in [0.4, 0.5) is 11.4 Å². The molecular formula is C26H18N2O6. The normalized spacial score (nSPS) is 10.8. The Morgan fingerprint density at radius 2 is 0.882 bits per heavy atom. The van der Waals surface area contributed by atoms with E-state index < -0.39 is 9.85 Å². The van der Waals surface area contributed by atoms with Gasteiger partial charge in [0.25, 0.3) is 11.4 Å². The maximum absolute atomic E-state index is 13.4. The van der Waals surface area contributed by atoms with Crippen molar-refractivity contribution < 1.29 is 19.4 Å². The summed E-state index contributed by atoms with van der Waals surface area (Å²) in [6.45, 7) is 3.57. The van der Waals surface area contributed by atoms with Crippen LogP contribution in [0.1, 0.15) is 43.0 Å². The molecule has 0 bridgehead atoms. The lowest BCUT2D eigenvalue weighted by Gasteiger charge is -2.14. The van der Waals surface area contributed by atoms with Crippen molar-refractivity contribution in [3.05, 3.63) is 126 Å². The summed E-state index contributed by atoms with van der Waals surface area (Å²) in [6, 6.07) is 17.8. The summed E-state index contributed by atoms with van der Waals surface area (Å²) in [7, 11) is 0. The molecule has 0 fully saturated rings. The predicted octanol–water partition coefficient (Wildman–Crippen LogP) is 5.74. The Balaban J connectivity index is 1.85. The van der Waals surface area contributed by atoms with E-state index in [-0.39, 0.29) is 22.9 Å². The van der Waals surface area contributed by atoms with Crippen LogP contribution in [0.5, 0.6) is 0 Å². The fourth-order valence-corrected chi connectivity index (χ4v) is 3.98. The van der Waals surface area contributed by atoms with Gasteiger partial charge < -0.3 is 0 Å². The first-order valence-corrected chi connectivity index (χ1v) is 10.3. The number of hydrogen-bond acceptors (Lipinski definition) is 6. The molecule has 0 amide bonds. The van der Waals surface area contributed by atoms with Crippen LogP contribution in [0.25, 0.3) is 10.8 Å². The van der Waals surface area contributed by atoms with Gasteiger partial charge in [-0.25, -0.2) is 0 Å². The minimum Gasteiger partial charge on any atom is -0.289 e. The summed E-state index contributed by atoms with van der Waals surface area (Å²) in [5.74, 6) is -0.619. The van der Waals surface area contributed by atoms with Gasteiger partial charge in [0, 0.05) is 46.5 Å². The molecule has 4 rings (SSSR count). The average molecular weight is 454 g/mol. The van der Waals surface area contributed by atoms with Gasteiger partial charge in [0.2, 0.25) is 0 Å². The number of benzene rings is 4. The molecule has 0 spiro atoms. The van der Waals surface area contributed by atoms with Crippen molar-refractivity contribution in [3.8, 4) is 0 Å². The number of rotatable bonds is 6. The molecule has 8 nitrogen and oxygen atoms in total. The summed E-state index contributed by atoms with van der Waals surface area (Å²) in [4.78, 5) is 47.6. The van der Waals surface area contributed by atoms with Crippen molar-refractivity contribution in [1.29, 1.82) is 0 Å². The van der Waals surface area contributed by atoms with Crippen LogP contribution >= 0.6 is 0 Å². The zero-order valence-corrected chi connectivity index (χ0v) is 18.3. The topological polar surface area (TPSA) is 120 Å². The second kappa shape index (κ2) is 8.67. The highest BCUT2D eigenvalue weighted by molar-refractivity contribution is 6.22. The van der Waals surface area contributed by atoms with Crippen molar-refractivity contribution in [3.63, 3.8) is 0 Å². The maximum Gasteiger partial charge on any atom is 0.269 e. The number of carbonyl (C=O) groups excluding carboxylic acids is 2. The molecular weight excluding hydrogens is 436 g/mol. The second-order valence-corrected chi connectivity index (χ2v) is 7.88. The van der Waals surface area contributed by atoms with E-state index in [4.69, 9.17) is 0 Å². The zero-order chi connectivity index (χ0) is 24.6. The number of nitro benzene ring substituents is 2. The van der Waals surface area contributed by atoms with Crippen molar-refractivity contribution >= 4 is 33.7 Å². The van der Waals surface area contributed by atoms with E-state index in [2.05, 4.69) is 0 Å². The van der Waals surface area contributed by atoms with Gasteiger partial charge in [0.15, 0.2) is 11.6 Å². The van der Waals surface area contributed by atoms with Crippen LogP contribution in [0, 0.1) is 34.1 Å². The van der Waals surface area contributed by atoms with Crippen molar-refractivity contribution in [2.24, 2.45) is 0 Å². The third-order valence-electron chi connectivity index (χ3n) is 5.75. The van der Waals surface area contributed by atoms with Crippen molar-refractivity contribution in [1.82, 2.24) is 0 Å². The summed E-state index contributed by atoms with van der Waals surface area (Å²) >= 11 is 0. The first-order valence-electron chi connectivity index (χ1n) is 10.3. The maximum atomic E-state index is 13.4. The van der Waals surface area contributed by atoms with Gasteiger partial charge in [0.1, 0.15) is 0 Å². The molecule has 0 aliphatic carbocycles. The molecule has 4 aromatic carbocycles. The lowest BCUT2D eigenvalue weighted by molar-refractivity contribution is -0.385. The largest absolute Gasteiger partial charge is 0.289 e. The molecule has 34 heavy (non-hydrogen) atoms. The second-order valence-electron chi connectivity index (χ2n) is 7.88. The van der Waals surface area contributed by atoms with Gasteiger partial charge in [-0.2, -0.15) is 0 Å². The van der Waals surface area contributed by atoms with Gasteiger partial charge in [0.05, 0.1) is 9.85 Å². The number of aryl methyl sites for hydroxylation is 2. The van der Waals surface area contributed by atoms with E-state index in [0.29, 0.717) is 44.2 Å². The molecule has 0 saturated heterocycles. The average Bonchev–Trinajstić information content (AvgIpc) is 2.83. The zero-order valence-electron chi connectivity index (χ0n) is 18.3. The monoisotopic (exact) mass is 454 g/mol. The summed E-state index contributed by atoms with van der Waals surface area (Å²) < 4.78 is 0. The molecule has 0 aromatic heterocycles. The summed E-state index contributed by atoms with van der Waals surface area (Å²) in [6.07, 6.45) is 0. The molecule has 0 heterocycles. The summed E-state index contributed by atoms with van der Waals surface area (Å²) in [5.41, 5.74) is 2.58.